The minimum atomic E-state index is -0.518. The molecule has 0 unspecified atom stereocenters. The van der Waals surface area contributed by atoms with E-state index >= 15 is 0 Å². The van der Waals surface area contributed by atoms with E-state index in [1.54, 1.807) is 42.5 Å². The highest BCUT2D eigenvalue weighted by atomic mass is 79.9. The zero-order chi connectivity index (χ0) is 22.4. The Balaban J connectivity index is 1.76. The summed E-state index contributed by atoms with van der Waals surface area (Å²) in [5.41, 5.74) is 2.03. The number of carbonyl (C=O) groups is 1. The summed E-state index contributed by atoms with van der Waals surface area (Å²) < 4.78 is 7.25. The van der Waals surface area contributed by atoms with Crippen LogP contribution in [0.2, 0.25) is 10.0 Å². The second-order valence-corrected chi connectivity index (χ2v) is 8.98. The maximum atomic E-state index is 12.5. The number of nitriles is 1. The largest absolute Gasteiger partial charge is 0.486 e. The number of nitrogens with zero attached hydrogens (tertiary/aromatic N) is 1. The van der Waals surface area contributed by atoms with Gasteiger partial charge in [0.25, 0.3) is 5.91 Å². The Hall–Kier alpha value is -2.30. The number of anilines is 1. The Labute approximate surface area is 206 Å². The number of amides is 1. The van der Waals surface area contributed by atoms with Gasteiger partial charge in [-0.15, -0.1) is 0 Å². The van der Waals surface area contributed by atoms with E-state index in [1.165, 1.54) is 6.08 Å². The third kappa shape index (κ3) is 6.59. The van der Waals surface area contributed by atoms with Crippen molar-refractivity contribution in [2.24, 2.45) is 0 Å². The third-order valence-corrected chi connectivity index (χ3v) is 5.69. The maximum Gasteiger partial charge on any atom is 0.266 e. The lowest BCUT2D eigenvalue weighted by atomic mass is 10.1. The summed E-state index contributed by atoms with van der Waals surface area (Å²) in [6.45, 7) is 0.309. The molecular weight excluding hydrogens is 567 g/mol. The van der Waals surface area contributed by atoms with E-state index in [1.807, 2.05) is 24.3 Å². The lowest BCUT2D eigenvalue weighted by molar-refractivity contribution is -0.112. The van der Waals surface area contributed by atoms with Gasteiger partial charge in [-0.3, -0.25) is 4.79 Å². The van der Waals surface area contributed by atoms with Crippen molar-refractivity contribution in [3.05, 3.63) is 96.4 Å². The van der Waals surface area contributed by atoms with Crippen LogP contribution in [-0.2, 0) is 11.4 Å². The number of halogens is 4. The zero-order valence-corrected chi connectivity index (χ0v) is 20.5. The fourth-order valence-corrected chi connectivity index (χ4v) is 4.13. The van der Waals surface area contributed by atoms with Crippen molar-refractivity contribution in [1.29, 1.82) is 5.26 Å². The van der Waals surface area contributed by atoms with Crippen LogP contribution in [0.3, 0.4) is 0 Å². The first kappa shape index (κ1) is 23.4. The lowest BCUT2D eigenvalue weighted by Crippen LogP contribution is -2.13. The van der Waals surface area contributed by atoms with E-state index in [-0.39, 0.29) is 5.57 Å². The minimum absolute atomic E-state index is 0.0576. The van der Waals surface area contributed by atoms with Crippen molar-refractivity contribution in [2.75, 3.05) is 5.32 Å². The van der Waals surface area contributed by atoms with Crippen LogP contribution in [0.15, 0.2) is 75.2 Å². The van der Waals surface area contributed by atoms with Gasteiger partial charge in [-0.2, -0.15) is 5.26 Å². The Kier molecular flexibility index (Phi) is 8.16. The van der Waals surface area contributed by atoms with Gasteiger partial charge in [-0.25, -0.2) is 0 Å². The quantitative estimate of drug-likeness (QED) is 0.241. The van der Waals surface area contributed by atoms with E-state index in [9.17, 15) is 10.1 Å². The van der Waals surface area contributed by atoms with E-state index in [4.69, 9.17) is 27.9 Å². The number of hydrogen-bond donors (Lipinski definition) is 1. The van der Waals surface area contributed by atoms with E-state index in [2.05, 4.69) is 37.2 Å². The van der Waals surface area contributed by atoms with Crippen LogP contribution in [0.4, 0.5) is 5.69 Å². The highest BCUT2D eigenvalue weighted by molar-refractivity contribution is 9.10. The van der Waals surface area contributed by atoms with Crippen LogP contribution in [0.1, 0.15) is 11.1 Å². The van der Waals surface area contributed by atoms with Gasteiger partial charge in [0.1, 0.15) is 18.2 Å². The summed E-state index contributed by atoms with van der Waals surface area (Å²) in [5, 5.41) is 13.1. The molecule has 3 aromatic carbocycles. The van der Waals surface area contributed by atoms with E-state index in [0.29, 0.717) is 38.1 Å². The van der Waals surface area contributed by atoms with Crippen molar-refractivity contribution in [3.8, 4) is 11.8 Å². The van der Waals surface area contributed by atoms with Crippen molar-refractivity contribution in [1.82, 2.24) is 0 Å². The summed E-state index contributed by atoms with van der Waals surface area (Å²) in [6, 6.07) is 19.7. The van der Waals surface area contributed by atoms with Crippen LogP contribution in [0, 0.1) is 11.3 Å². The normalized spacial score (nSPS) is 11.0. The first-order valence-corrected chi connectivity index (χ1v) is 11.2. The Morgan fingerprint density at radius 2 is 1.84 bits per heavy atom. The lowest BCUT2D eigenvalue weighted by Gasteiger charge is -2.11. The summed E-state index contributed by atoms with van der Waals surface area (Å²) >= 11 is 19.1. The monoisotopic (exact) mass is 578 g/mol. The number of nitrogens with one attached hydrogen (secondary N) is 1. The molecule has 31 heavy (non-hydrogen) atoms. The number of ether oxygens (including phenoxy) is 1. The first-order valence-electron chi connectivity index (χ1n) is 8.90. The average Bonchev–Trinajstić information content (AvgIpc) is 2.72. The van der Waals surface area contributed by atoms with Gasteiger partial charge in [-0.05, 0) is 75.6 Å². The van der Waals surface area contributed by atoms with Crippen molar-refractivity contribution in [3.63, 3.8) is 0 Å². The fraction of sp³-hybridized carbons (Fsp3) is 0.0435. The SMILES string of the molecule is N#C/C(=C/c1cc(Cl)c(OCc2ccc(Cl)cc2)c(Br)c1)C(=O)Nc1cccc(Br)c1. The molecule has 3 rings (SSSR count). The Morgan fingerprint density at radius 3 is 2.48 bits per heavy atom. The molecule has 1 N–H and O–H groups in total. The molecule has 0 atom stereocenters. The molecule has 4 nitrogen and oxygen atoms in total. The summed E-state index contributed by atoms with van der Waals surface area (Å²) in [5.74, 6) is -0.0539. The minimum Gasteiger partial charge on any atom is -0.486 e. The molecule has 0 radical (unpaired) electrons. The van der Waals surface area contributed by atoms with Crippen LogP contribution in [0.25, 0.3) is 6.08 Å². The summed E-state index contributed by atoms with van der Waals surface area (Å²) in [6.07, 6.45) is 1.47. The van der Waals surface area contributed by atoms with E-state index < -0.39 is 5.91 Å². The third-order valence-electron chi connectivity index (χ3n) is 4.08. The predicted molar refractivity (Wildman–Crippen MR) is 131 cm³/mol. The van der Waals surface area contributed by atoms with E-state index in [0.717, 1.165) is 10.0 Å². The molecule has 0 aliphatic heterocycles. The molecule has 0 saturated carbocycles. The number of rotatable bonds is 6. The Bertz CT molecular complexity index is 1170. The average molecular weight is 581 g/mol. The van der Waals surface area contributed by atoms with Crippen LogP contribution >= 0.6 is 55.1 Å². The van der Waals surface area contributed by atoms with Crippen molar-refractivity contribution < 1.29 is 9.53 Å². The topological polar surface area (TPSA) is 62.1 Å². The fourth-order valence-electron chi connectivity index (χ4n) is 2.62. The second-order valence-electron chi connectivity index (χ2n) is 6.36. The molecule has 8 heteroatoms. The van der Waals surface area contributed by atoms with Crippen LogP contribution in [-0.4, -0.2) is 5.91 Å². The smallest absolute Gasteiger partial charge is 0.266 e. The van der Waals surface area contributed by atoms with Crippen molar-refractivity contribution in [2.45, 2.75) is 6.61 Å². The van der Waals surface area contributed by atoms with Gasteiger partial charge >= 0.3 is 0 Å². The van der Waals surface area contributed by atoms with Gasteiger partial charge < -0.3 is 10.1 Å². The molecule has 0 spiro atoms. The van der Waals surface area contributed by atoms with Gasteiger partial charge in [-0.1, -0.05) is 57.3 Å². The van der Waals surface area contributed by atoms with Gasteiger partial charge in [0, 0.05) is 15.2 Å². The molecular formula is C23H14Br2Cl2N2O2. The molecule has 3 aromatic rings. The molecule has 1 amide bonds. The molecule has 0 fully saturated rings. The number of hydrogen-bond acceptors (Lipinski definition) is 3. The first-order chi connectivity index (χ1) is 14.9. The molecule has 0 heterocycles. The molecule has 0 aromatic heterocycles. The highest BCUT2D eigenvalue weighted by Gasteiger charge is 2.13. The van der Waals surface area contributed by atoms with Gasteiger partial charge in [0.05, 0.1) is 9.50 Å². The molecule has 0 saturated heterocycles. The van der Waals surface area contributed by atoms with Crippen LogP contribution < -0.4 is 10.1 Å². The molecule has 0 aliphatic carbocycles. The van der Waals surface area contributed by atoms with Crippen molar-refractivity contribution >= 4 is 72.7 Å². The summed E-state index contributed by atoms with van der Waals surface area (Å²) in [7, 11) is 0. The second kappa shape index (κ2) is 10.8. The van der Waals surface area contributed by atoms with Gasteiger partial charge in [0.2, 0.25) is 0 Å². The highest BCUT2D eigenvalue weighted by Crippen LogP contribution is 2.35. The molecule has 0 aliphatic rings. The zero-order valence-electron chi connectivity index (χ0n) is 15.8. The number of benzene rings is 3. The molecule has 156 valence electrons. The summed E-state index contributed by atoms with van der Waals surface area (Å²) in [4.78, 5) is 12.5. The Morgan fingerprint density at radius 1 is 1.10 bits per heavy atom. The number of carbonyl (C=O) groups excluding carboxylic acids is 1. The van der Waals surface area contributed by atoms with Gasteiger partial charge in [0.15, 0.2) is 5.75 Å². The maximum absolute atomic E-state index is 12.5. The van der Waals surface area contributed by atoms with Crippen LogP contribution in [0.5, 0.6) is 5.75 Å². The standard InChI is InChI=1S/C23H14Br2Cl2N2O2/c24-17-2-1-3-19(11-17)29-23(30)16(12-28)8-15-9-20(25)22(21(27)10-15)31-13-14-4-6-18(26)7-5-14/h1-11H,13H2,(H,29,30)/b16-8-. The predicted octanol–water partition coefficient (Wildman–Crippen LogP) is 7.64. The molecule has 0 bridgehead atoms.